The number of benzene rings is 2. The van der Waals surface area contributed by atoms with Gasteiger partial charge >= 0.3 is 6.09 Å². The molecule has 2 aromatic carbocycles. The Morgan fingerprint density at radius 3 is 2.42 bits per heavy atom. The van der Waals surface area contributed by atoms with Crippen molar-refractivity contribution in [3.8, 4) is 11.5 Å². The number of nitrogens with zero attached hydrogens (tertiary/aromatic N) is 1. The number of ether oxygens (including phenoxy) is 1. The summed E-state index contributed by atoms with van der Waals surface area (Å²) in [6, 6.07) is 7.50. The second kappa shape index (κ2) is 9.33. The van der Waals surface area contributed by atoms with E-state index in [1.54, 1.807) is 0 Å². The number of aromatic hydroxyl groups is 1. The number of rotatable bonds is 6. The van der Waals surface area contributed by atoms with Crippen LogP contribution in [-0.4, -0.2) is 43.0 Å². The highest BCUT2D eigenvalue weighted by Crippen LogP contribution is 2.38. The molecule has 4 N–H and O–H groups in total. The van der Waals surface area contributed by atoms with Crippen molar-refractivity contribution in [1.29, 1.82) is 0 Å². The molecule has 176 valence electrons. The molecule has 1 amide bonds. The molecule has 1 aliphatic rings. The summed E-state index contributed by atoms with van der Waals surface area (Å²) in [5.41, 5.74) is 0.0267. The first-order valence-corrected chi connectivity index (χ1v) is 11.1. The summed E-state index contributed by atoms with van der Waals surface area (Å²) in [5, 5.41) is 20.0. The van der Waals surface area contributed by atoms with Gasteiger partial charge in [0, 0.05) is 18.8 Å². The number of hydrogen-bond donors (Lipinski definition) is 4. The van der Waals surface area contributed by atoms with Gasteiger partial charge in [0.25, 0.3) is 10.0 Å². The summed E-state index contributed by atoms with van der Waals surface area (Å²) in [5.74, 6) is -2.26. The molecule has 0 bridgehead atoms. The number of alkyl halides is 1. The normalized spacial score (nSPS) is 16.6. The van der Waals surface area contributed by atoms with Crippen molar-refractivity contribution in [2.75, 3.05) is 11.8 Å². The second-order valence-corrected chi connectivity index (χ2v) is 9.00. The molecule has 9 nitrogen and oxygen atoms in total. The molecule has 0 aliphatic carbocycles. The van der Waals surface area contributed by atoms with Gasteiger partial charge in [-0.3, -0.25) is 10.0 Å². The van der Waals surface area contributed by atoms with Crippen LogP contribution in [0.1, 0.15) is 0 Å². The van der Waals surface area contributed by atoms with Crippen molar-refractivity contribution >= 4 is 45.0 Å². The summed E-state index contributed by atoms with van der Waals surface area (Å²) in [7, 11) is -3.16. The Kier molecular flexibility index (Phi) is 6.91. The maximum atomic E-state index is 14.6. The van der Waals surface area contributed by atoms with E-state index in [1.807, 2.05) is 5.32 Å². The number of anilines is 1. The molecule has 0 radical (unpaired) electrons. The van der Waals surface area contributed by atoms with Gasteiger partial charge in [-0.2, -0.15) is 0 Å². The van der Waals surface area contributed by atoms with Crippen molar-refractivity contribution in [3.63, 3.8) is 0 Å². The lowest BCUT2D eigenvalue weighted by Crippen LogP contribution is -2.41. The first-order chi connectivity index (χ1) is 15.4. The zero-order chi connectivity index (χ0) is 24.5. The van der Waals surface area contributed by atoms with Crippen LogP contribution in [0.3, 0.4) is 0 Å². The number of carbonyl (C=O) groups is 1. The average Bonchev–Trinajstić information content (AvgIpc) is 2.75. The molecule has 14 heteroatoms. The molecular weight excluding hydrogens is 507 g/mol. The van der Waals surface area contributed by atoms with Crippen LogP contribution in [0.2, 0.25) is 0 Å². The molecule has 1 heterocycles. The monoisotopic (exact) mass is 521 g/mol. The summed E-state index contributed by atoms with van der Waals surface area (Å²) < 4.78 is 60.7. The van der Waals surface area contributed by atoms with Crippen LogP contribution in [0.5, 0.6) is 11.5 Å². The van der Waals surface area contributed by atoms with E-state index in [0.29, 0.717) is 0 Å². The number of nitrogens with one attached hydrogen (secondary N) is 2. The largest absolute Gasteiger partial charge is 0.507 e. The van der Waals surface area contributed by atoms with Crippen LogP contribution >= 0.6 is 23.2 Å². The van der Waals surface area contributed by atoms with Gasteiger partial charge < -0.3 is 19.8 Å². The molecule has 0 aromatic heterocycles. The molecule has 0 saturated heterocycles. The van der Waals surface area contributed by atoms with Crippen molar-refractivity contribution < 1.29 is 36.9 Å². The highest BCUT2D eigenvalue weighted by Gasteiger charge is 2.34. The number of phenols is 1. The van der Waals surface area contributed by atoms with Gasteiger partial charge in [-0.1, -0.05) is 23.2 Å². The van der Waals surface area contributed by atoms with E-state index >= 15 is 0 Å². The number of allylic oxidation sites excluding steroid dienone is 1. The van der Waals surface area contributed by atoms with Crippen molar-refractivity contribution in [3.05, 3.63) is 69.9 Å². The first kappa shape index (κ1) is 24.4. The van der Waals surface area contributed by atoms with Gasteiger partial charge in [0.15, 0.2) is 5.76 Å². The summed E-state index contributed by atoms with van der Waals surface area (Å²) in [4.78, 5) is 11.2. The lowest BCUT2D eigenvalue weighted by molar-refractivity contribution is 0.156. The highest BCUT2D eigenvalue weighted by atomic mass is 35.5. The standard InChI is InChI=1S/C19H15Cl2F2N3O6S/c1-26-17(23)14(20)16(15(21)18(26)24-19(28)29)32-11-6-7-12(27)13(8-11)33(30,31)25-10-4-2-9(22)3-5-10/h2-8,17,24-25,27H,1H3,(H,28,29). The fourth-order valence-corrected chi connectivity index (χ4v) is 4.54. The molecule has 0 saturated carbocycles. The van der Waals surface area contributed by atoms with Crippen molar-refractivity contribution in [2.45, 2.75) is 11.2 Å². The summed E-state index contributed by atoms with van der Waals surface area (Å²) in [6.07, 6.45) is -3.55. The topological polar surface area (TPSA) is 128 Å². The summed E-state index contributed by atoms with van der Waals surface area (Å²) in [6.45, 7) is 0. The number of carboxylic acid groups (broad SMARTS) is 1. The van der Waals surface area contributed by atoms with E-state index in [2.05, 4.69) is 4.72 Å². The van der Waals surface area contributed by atoms with Gasteiger partial charge in [-0.15, -0.1) is 0 Å². The van der Waals surface area contributed by atoms with Crippen LogP contribution in [0.4, 0.5) is 19.3 Å². The number of phenolic OH excluding ortho intramolecular Hbond substituents is 1. The van der Waals surface area contributed by atoms with Crippen LogP contribution in [0.25, 0.3) is 0 Å². The zero-order valence-electron chi connectivity index (χ0n) is 16.5. The Morgan fingerprint density at radius 2 is 1.82 bits per heavy atom. The summed E-state index contributed by atoms with van der Waals surface area (Å²) >= 11 is 12.1. The SMILES string of the molecule is CN1C(NC(=O)O)=C(Cl)C(Oc2ccc(O)c(S(=O)(=O)Nc3ccc(F)cc3)c2)=C(Cl)C1F. The third-order valence-corrected chi connectivity index (χ3v) is 6.40. The van der Waals surface area contributed by atoms with E-state index in [9.17, 15) is 27.1 Å². The minimum atomic E-state index is -4.36. The minimum Gasteiger partial charge on any atom is -0.507 e. The molecule has 1 atom stereocenters. The fraction of sp³-hybridized carbons (Fsp3) is 0.105. The number of halogens is 4. The Labute approximate surface area is 196 Å². The Balaban J connectivity index is 1.97. The Morgan fingerprint density at radius 1 is 1.18 bits per heavy atom. The lowest BCUT2D eigenvalue weighted by Gasteiger charge is -2.31. The molecule has 1 unspecified atom stereocenters. The number of sulfonamides is 1. The Bertz CT molecular complexity index is 1270. The van der Waals surface area contributed by atoms with Crippen LogP contribution < -0.4 is 14.8 Å². The molecule has 0 spiro atoms. The van der Waals surface area contributed by atoms with Crippen LogP contribution in [0, 0.1) is 5.82 Å². The maximum absolute atomic E-state index is 14.6. The predicted molar refractivity (Wildman–Crippen MR) is 116 cm³/mol. The first-order valence-electron chi connectivity index (χ1n) is 8.86. The van der Waals surface area contributed by atoms with Crippen molar-refractivity contribution in [2.24, 2.45) is 0 Å². The maximum Gasteiger partial charge on any atom is 0.410 e. The van der Waals surface area contributed by atoms with Gasteiger partial charge in [0.1, 0.15) is 38.1 Å². The molecule has 0 fully saturated rings. The van der Waals surface area contributed by atoms with Gasteiger partial charge in [0.05, 0.1) is 0 Å². The average molecular weight is 522 g/mol. The minimum absolute atomic E-state index is 0.0267. The third kappa shape index (κ3) is 5.24. The van der Waals surface area contributed by atoms with E-state index in [1.165, 1.54) is 19.2 Å². The molecular formula is C19H15Cl2F2N3O6S. The third-order valence-electron chi connectivity index (χ3n) is 4.29. The molecule has 33 heavy (non-hydrogen) atoms. The highest BCUT2D eigenvalue weighted by molar-refractivity contribution is 7.92. The van der Waals surface area contributed by atoms with Crippen LogP contribution in [-0.2, 0) is 10.0 Å². The van der Waals surface area contributed by atoms with Gasteiger partial charge in [-0.05, 0) is 36.4 Å². The second-order valence-electron chi connectivity index (χ2n) is 6.56. The number of amides is 1. The number of likely N-dealkylation sites (N-methyl/N-ethyl adjacent to an activating group) is 1. The number of hydrogen-bond acceptors (Lipinski definition) is 6. The van der Waals surface area contributed by atoms with Crippen LogP contribution in [0.15, 0.2) is 69.0 Å². The van der Waals surface area contributed by atoms with Gasteiger partial charge in [0.2, 0.25) is 6.30 Å². The molecule has 3 rings (SSSR count). The fourth-order valence-electron chi connectivity index (χ4n) is 2.72. The quantitative estimate of drug-likeness (QED) is 0.421. The molecule has 1 aliphatic heterocycles. The molecule has 2 aromatic rings. The van der Waals surface area contributed by atoms with E-state index in [0.717, 1.165) is 35.2 Å². The zero-order valence-corrected chi connectivity index (χ0v) is 18.8. The van der Waals surface area contributed by atoms with Gasteiger partial charge in [-0.25, -0.2) is 22.0 Å². The van der Waals surface area contributed by atoms with E-state index < -0.39 is 49.7 Å². The lowest BCUT2D eigenvalue weighted by atomic mass is 10.2. The van der Waals surface area contributed by atoms with Crippen molar-refractivity contribution in [1.82, 2.24) is 10.2 Å². The Hall–Kier alpha value is -3.22. The van der Waals surface area contributed by atoms with E-state index in [4.69, 9.17) is 33.0 Å². The smallest absolute Gasteiger partial charge is 0.410 e. The van der Waals surface area contributed by atoms with E-state index in [-0.39, 0.29) is 22.3 Å². The predicted octanol–water partition coefficient (Wildman–Crippen LogP) is 4.08.